The van der Waals surface area contributed by atoms with Crippen LogP contribution in [0.1, 0.15) is 57.1 Å². The molecule has 2 aromatic carbocycles. The minimum atomic E-state index is 0.186. The molecule has 0 radical (unpaired) electrons. The third kappa shape index (κ3) is 4.07. The molecule has 0 spiro atoms. The highest BCUT2D eigenvalue weighted by Gasteiger charge is 2.06. The van der Waals surface area contributed by atoms with Crippen molar-refractivity contribution in [3.8, 4) is 0 Å². The number of benzene rings is 2. The van der Waals surface area contributed by atoms with Gasteiger partial charge in [-0.2, -0.15) is 0 Å². The van der Waals surface area contributed by atoms with Crippen LogP contribution in [0.15, 0.2) is 42.5 Å². The van der Waals surface area contributed by atoms with Crippen LogP contribution < -0.4 is 5.73 Å². The maximum absolute atomic E-state index is 6.30. The number of rotatable bonds is 7. The van der Waals surface area contributed by atoms with Crippen LogP contribution >= 0.6 is 0 Å². The molecular formula is C18H25N. The summed E-state index contributed by atoms with van der Waals surface area (Å²) in [5, 5.41) is 2.59. The van der Waals surface area contributed by atoms with Crippen molar-refractivity contribution in [3.05, 3.63) is 48.0 Å². The monoisotopic (exact) mass is 255 g/mol. The summed E-state index contributed by atoms with van der Waals surface area (Å²) in [5.74, 6) is 0. The van der Waals surface area contributed by atoms with Gasteiger partial charge in [0, 0.05) is 6.04 Å². The SMILES string of the molecule is CCCCCCCC(N)c1ccc2ccccc2c1. The lowest BCUT2D eigenvalue weighted by Gasteiger charge is -2.12. The average Bonchev–Trinajstić information content (AvgIpc) is 2.46. The molecular weight excluding hydrogens is 230 g/mol. The van der Waals surface area contributed by atoms with Gasteiger partial charge in [0.1, 0.15) is 0 Å². The molecule has 0 saturated carbocycles. The molecule has 0 heterocycles. The van der Waals surface area contributed by atoms with Gasteiger partial charge in [-0.25, -0.2) is 0 Å². The molecule has 0 aliphatic rings. The van der Waals surface area contributed by atoms with Crippen molar-refractivity contribution in [1.82, 2.24) is 0 Å². The number of unbranched alkanes of at least 4 members (excludes halogenated alkanes) is 4. The molecule has 1 unspecified atom stereocenters. The van der Waals surface area contributed by atoms with E-state index in [-0.39, 0.29) is 6.04 Å². The smallest absolute Gasteiger partial charge is 0.0295 e. The fraction of sp³-hybridized carbons (Fsp3) is 0.444. The Hall–Kier alpha value is -1.34. The number of fused-ring (bicyclic) bond motifs is 1. The van der Waals surface area contributed by atoms with Crippen molar-refractivity contribution in [2.45, 2.75) is 51.5 Å². The Morgan fingerprint density at radius 1 is 0.895 bits per heavy atom. The predicted octanol–water partition coefficient (Wildman–Crippen LogP) is 5.20. The number of nitrogens with two attached hydrogens (primary N) is 1. The van der Waals surface area contributed by atoms with Crippen LogP contribution in [0.3, 0.4) is 0 Å². The van der Waals surface area contributed by atoms with Gasteiger partial charge in [-0.15, -0.1) is 0 Å². The van der Waals surface area contributed by atoms with Gasteiger partial charge in [0.2, 0.25) is 0 Å². The predicted molar refractivity (Wildman–Crippen MR) is 84.3 cm³/mol. The summed E-state index contributed by atoms with van der Waals surface area (Å²) in [6.07, 6.45) is 7.66. The van der Waals surface area contributed by atoms with Crippen molar-refractivity contribution < 1.29 is 0 Å². The largest absolute Gasteiger partial charge is 0.324 e. The van der Waals surface area contributed by atoms with Crippen LogP contribution in [0, 0.1) is 0 Å². The van der Waals surface area contributed by atoms with E-state index < -0.39 is 0 Å². The van der Waals surface area contributed by atoms with Crippen molar-refractivity contribution in [3.63, 3.8) is 0 Å². The maximum Gasteiger partial charge on any atom is 0.0295 e. The van der Waals surface area contributed by atoms with Gasteiger partial charge in [0.05, 0.1) is 0 Å². The summed E-state index contributed by atoms with van der Waals surface area (Å²) in [6, 6.07) is 15.3. The average molecular weight is 255 g/mol. The molecule has 1 nitrogen and oxygen atoms in total. The minimum absolute atomic E-state index is 0.186. The van der Waals surface area contributed by atoms with Crippen LogP contribution in [0.2, 0.25) is 0 Å². The van der Waals surface area contributed by atoms with Crippen LogP contribution in [0.25, 0.3) is 10.8 Å². The zero-order chi connectivity index (χ0) is 13.5. The summed E-state index contributed by atoms with van der Waals surface area (Å²) in [7, 11) is 0. The third-order valence-electron chi connectivity index (χ3n) is 3.82. The van der Waals surface area contributed by atoms with E-state index in [1.54, 1.807) is 0 Å². The highest BCUT2D eigenvalue weighted by molar-refractivity contribution is 5.83. The molecule has 0 bridgehead atoms. The molecule has 2 N–H and O–H groups in total. The van der Waals surface area contributed by atoms with Gasteiger partial charge < -0.3 is 5.73 Å². The van der Waals surface area contributed by atoms with Gasteiger partial charge in [-0.1, -0.05) is 75.4 Å². The second-order valence-corrected chi connectivity index (χ2v) is 5.42. The maximum atomic E-state index is 6.30. The van der Waals surface area contributed by atoms with Crippen LogP contribution in [0.4, 0.5) is 0 Å². The highest BCUT2D eigenvalue weighted by atomic mass is 14.6. The molecule has 0 amide bonds. The van der Waals surface area contributed by atoms with Gasteiger partial charge >= 0.3 is 0 Å². The quantitative estimate of drug-likeness (QED) is 0.676. The molecule has 0 aliphatic heterocycles. The van der Waals surface area contributed by atoms with E-state index in [1.807, 2.05) is 0 Å². The minimum Gasteiger partial charge on any atom is -0.324 e. The molecule has 102 valence electrons. The highest BCUT2D eigenvalue weighted by Crippen LogP contribution is 2.22. The first-order chi connectivity index (χ1) is 9.31. The summed E-state index contributed by atoms with van der Waals surface area (Å²) in [6.45, 7) is 2.25. The zero-order valence-corrected chi connectivity index (χ0v) is 11.9. The van der Waals surface area contributed by atoms with E-state index in [2.05, 4.69) is 49.4 Å². The number of hydrogen-bond donors (Lipinski definition) is 1. The summed E-state index contributed by atoms with van der Waals surface area (Å²) in [4.78, 5) is 0. The van der Waals surface area contributed by atoms with Crippen molar-refractivity contribution in [2.75, 3.05) is 0 Å². The molecule has 0 aromatic heterocycles. The standard InChI is InChI=1S/C18H25N/c1-2-3-4-5-6-11-18(19)17-13-12-15-9-7-8-10-16(15)14-17/h7-10,12-14,18H,2-6,11,19H2,1H3. The Morgan fingerprint density at radius 3 is 2.42 bits per heavy atom. The van der Waals surface area contributed by atoms with Crippen LogP contribution in [-0.4, -0.2) is 0 Å². The first-order valence-electron chi connectivity index (χ1n) is 7.55. The van der Waals surface area contributed by atoms with Gasteiger partial charge in [0.15, 0.2) is 0 Å². The summed E-state index contributed by atoms with van der Waals surface area (Å²) in [5.41, 5.74) is 7.57. The second kappa shape index (κ2) is 7.30. The lowest BCUT2D eigenvalue weighted by molar-refractivity contribution is 0.555. The molecule has 2 rings (SSSR count). The summed E-state index contributed by atoms with van der Waals surface area (Å²) >= 11 is 0. The number of hydrogen-bond acceptors (Lipinski definition) is 1. The van der Waals surface area contributed by atoms with E-state index in [0.717, 1.165) is 6.42 Å². The lowest BCUT2D eigenvalue weighted by Crippen LogP contribution is -2.09. The first-order valence-corrected chi connectivity index (χ1v) is 7.55. The molecule has 1 atom stereocenters. The van der Waals surface area contributed by atoms with E-state index >= 15 is 0 Å². The zero-order valence-electron chi connectivity index (χ0n) is 11.9. The van der Waals surface area contributed by atoms with Crippen LogP contribution in [-0.2, 0) is 0 Å². The van der Waals surface area contributed by atoms with Gasteiger partial charge in [0.25, 0.3) is 0 Å². The Bertz CT molecular complexity index is 504. The molecule has 0 saturated heterocycles. The molecule has 1 heteroatoms. The first kappa shape index (κ1) is 14.1. The Balaban J connectivity index is 1.91. The van der Waals surface area contributed by atoms with Gasteiger partial charge in [-0.05, 0) is 28.8 Å². The molecule has 0 aliphatic carbocycles. The molecule has 2 aromatic rings. The fourth-order valence-electron chi connectivity index (χ4n) is 2.57. The van der Waals surface area contributed by atoms with E-state index in [1.165, 1.54) is 48.4 Å². The molecule has 0 fully saturated rings. The van der Waals surface area contributed by atoms with Crippen LogP contribution in [0.5, 0.6) is 0 Å². The van der Waals surface area contributed by atoms with E-state index in [9.17, 15) is 0 Å². The molecule has 19 heavy (non-hydrogen) atoms. The topological polar surface area (TPSA) is 26.0 Å². The second-order valence-electron chi connectivity index (χ2n) is 5.42. The summed E-state index contributed by atoms with van der Waals surface area (Å²) < 4.78 is 0. The van der Waals surface area contributed by atoms with Crippen molar-refractivity contribution in [1.29, 1.82) is 0 Å². The normalized spacial score (nSPS) is 12.7. The Labute approximate surface area is 116 Å². The Morgan fingerprint density at radius 2 is 1.63 bits per heavy atom. The van der Waals surface area contributed by atoms with Crippen molar-refractivity contribution in [2.24, 2.45) is 5.73 Å². The Kier molecular flexibility index (Phi) is 5.41. The van der Waals surface area contributed by atoms with Crippen molar-refractivity contribution >= 4 is 10.8 Å². The fourth-order valence-corrected chi connectivity index (χ4v) is 2.57. The van der Waals surface area contributed by atoms with E-state index in [0.29, 0.717) is 0 Å². The lowest BCUT2D eigenvalue weighted by atomic mass is 9.98. The van der Waals surface area contributed by atoms with Gasteiger partial charge in [-0.3, -0.25) is 0 Å². The third-order valence-corrected chi connectivity index (χ3v) is 3.82. The van der Waals surface area contributed by atoms with E-state index in [4.69, 9.17) is 5.73 Å².